The molecule has 0 amide bonds. The fourth-order valence-electron chi connectivity index (χ4n) is 2.28. The summed E-state index contributed by atoms with van der Waals surface area (Å²) in [5.41, 5.74) is 6.73. The van der Waals surface area contributed by atoms with Gasteiger partial charge in [0.1, 0.15) is 0 Å². The lowest BCUT2D eigenvalue weighted by molar-refractivity contribution is 0.394. The largest absolute Gasteiger partial charge is 0.330 e. The molecule has 2 rings (SSSR count). The van der Waals surface area contributed by atoms with Crippen molar-refractivity contribution in [1.82, 2.24) is 9.88 Å². The van der Waals surface area contributed by atoms with Gasteiger partial charge in [-0.15, -0.1) is 11.3 Å². The van der Waals surface area contributed by atoms with Crippen LogP contribution in [0.3, 0.4) is 0 Å². The van der Waals surface area contributed by atoms with E-state index in [0.29, 0.717) is 0 Å². The van der Waals surface area contributed by atoms with Crippen LogP contribution in [0.5, 0.6) is 0 Å². The molecule has 1 unspecified atom stereocenters. The Kier molecular flexibility index (Phi) is 4.32. The van der Waals surface area contributed by atoms with E-state index < -0.39 is 0 Å². The topological polar surface area (TPSA) is 42.2 Å². The Morgan fingerprint density at radius 2 is 2.50 bits per heavy atom. The highest BCUT2D eigenvalue weighted by atomic mass is 32.1. The van der Waals surface area contributed by atoms with E-state index in [-0.39, 0.29) is 0 Å². The number of hydrogen-bond acceptors (Lipinski definition) is 4. The minimum atomic E-state index is 0.764. The summed E-state index contributed by atoms with van der Waals surface area (Å²) in [6, 6.07) is 0. The second-order valence-corrected chi connectivity index (χ2v) is 5.69. The standard InChI is InChI=1S/C12H21N3S/c1-15-6-4-10(8-15)7-12-14-11(9-16-12)3-2-5-13/h9-10H,2-8,13H2,1H3. The van der Waals surface area contributed by atoms with Gasteiger partial charge < -0.3 is 10.6 Å². The van der Waals surface area contributed by atoms with Gasteiger partial charge in [-0.1, -0.05) is 0 Å². The average Bonchev–Trinajstić information content (AvgIpc) is 2.86. The number of thiazole rings is 1. The molecule has 0 saturated carbocycles. The van der Waals surface area contributed by atoms with Gasteiger partial charge in [0, 0.05) is 18.3 Å². The molecule has 1 aliphatic heterocycles. The second kappa shape index (κ2) is 5.75. The Morgan fingerprint density at radius 3 is 3.19 bits per heavy atom. The Balaban J connectivity index is 1.83. The number of nitrogens with zero attached hydrogens (tertiary/aromatic N) is 2. The predicted octanol–water partition coefficient (Wildman–Crippen LogP) is 1.53. The third kappa shape index (κ3) is 3.27. The van der Waals surface area contributed by atoms with E-state index in [1.807, 2.05) is 11.3 Å². The van der Waals surface area contributed by atoms with Crippen LogP contribution < -0.4 is 5.73 Å². The van der Waals surface area contributed by atoms with Crippen molar-refractivity contribution in [3.05, 3.63) is 16.1 Å². The van der Waals surface area contributed by atoms with Gasteiger partial charge >= 0.3 is 0 Å². The van der Waals surface area contributed by atoms with Gasteiger partial charge in [-0.25, -0.2) is 4.98 Å². The number of aromatic nitrogens is 1. The van der Waals surface area contributed by atoms with Gasteiger partial charge in [0.05, 0.1) is 10.7 Å². The van der Waals surface area contributed by atoms with Crippen LogP contribution in [0, 0.1) is 5.92 Å². The Labute approximate surface area is 102 Å². The van der Waals surface area contributed by atoms with Crippen LogP contribution in [0.2, 0.25) is 0 Å². The lowest BCUT2D eigenvalue weighted by Gasteiger charge is -2.07. The summed E-state index contributed by atoms with van der Waals surface area (Å²) in [4.78, 5) is 7.09. The van der Waals surface area contributed by atoms with Gasteiger partial charge in [0.25, 0.3) is 0 Å². The summed E-state index contributed by atoms with van der Waals surface area (Å²) in [7, 11) is 2.20. The van der Waals surface area contributed by atoms with Crippen LogP contribution in [0.15, 0.2) is 5.38 Å². The van der Waals surface area contributed by atoms with Crippen LogP contribution in [-0.2, 0) is 12.8 Å². The minimum Gasteiger partial charge on any atom is -0.330 e. The van der Waals surface area contributed by atoms with Crippen molar-refractivity contribution in [2.45, 2.75) is 25.7 Å². The first-order valence-corrected chi connectivity index (χ1v) is 6.98. The normalized spacial score (nSPS) is 21.8. The Morgan fingerprint density at radius 1 is 1.62 bits per heavy atom. The fraction of sp³-hybridized carbons (Fsp3) is 0.750. The van der Waals surface area contributed by atoms with Crippen LogP contribution in [0.1, 0.15) is 23.5 Å². The first kappa shape index (κ1) is 12.0. The molecule has 1 atom stereocenters. The molecule has 0 aromatic carbocycles. The molecule has 4 heteroatoms. The zero-order chi connectivity index (χ0) is 11.4. The highest BCUT2D eigenvalue weighted by Gasteiger charge is 2.20. The molecule has 1 saturated heterocycles. The van der Waals surface area contributed by atoms with E-state index in [2.05, 4.69) is 22.3 Å². The monoisotopic (exact) mass is 239 g/mol. The molecule has 1 aliphatic rings. The highest BCUT2D eigenvalue weighted by molar-refractivity contribution is 7.09. The Bertz CT molecular complexity index is 324. The lowest BCUT2D eigenvalue weighted by Crippen LogP contribution is -2.14. The maximum atomic E-state index is 5.50. The second-order valence-electron chi connectivity index (χ2n) is 4.75. The molecule has 1 aromatic rings. The predicted molar refractivity (Wildman–Crippen MR) is 68.8 cm³/mol. The van der Waals surface area contributed by atoms with Crippen LogP contribution in [-0.4, -0.2) is 36.6 Å². The van der Waals surface area contributed by atoms with Crippen molar-refractivity contribution in [2.24, 2.45) is 11.7 Å². The number of nitrogens with two attached hydrogens (primary N) is 1. The third-order valence-corrected chi connectivity index (χ3v) is 4.11. The zero-order valence-electron chi connectivity index (χ0n) is 9.98. The van der Waals surface area contributed by atoms with Gasteiger partial charge in [0.15, 0.2) is 0 Å². The summed E-state index contributed by atoms with van der Waals surface area (Å²) in [5.74, 6) is 0.818. The molecule has 0 aliphatic carbocycles. The molecule has 1 fully saturated rings. The van der Waals surface area contributed by atoms with Crippen molar-refractivity contribution in [3.8, 4) is 0 Å². The third-order valence-electron chi connectivity index (χ3n) is 3.19. The summed E-state index contributed by atoms with van der Waals surface area (Å²) in [6.07, 6.45) is 4.58. The molecule has 16 heavy (non-hydrogen) atoms. The molecule has 0 bridgehead atoms. The fourth-order valence-corrected chi connectivity index (χ4v) is 3.23. The smallest absolute Gasteiger partial charge is 0.0931 e. The van der Waals surface area contributed by atoms with Crippen LogP contribution in [0.4, 0.5) is 0 Å². The Hall–Kier alpha value is -0.450. The van der Waals surface area contributed by atoms with Crippen LogP contribution >= 0.6 is 11.3 Å². The van der Waals surface area contributed by atoms with E-state index in [1.54, 1.807) is 0 Å². The summed E-state index contributed by atoms with van der Waals surface area (Å²) >= 11 is 1.82. The van der Waals surface area contributed by atoms with Gasteiger partial charge in [-0.05, 0) is 45.3 Å². The molecule has 90 valence electrons. The van der Waals surface area contributed by atoms with Gasteiger partial charge in [-0.3, -0.25) is 0 Å². The van der Waals surface area contributed by atoms with E-state index in [1.165, 1.54) is 30.2 Å². The van der Waals surface area contributed by atoms with Crippen molar-refractivity contribution in [3.63, 3.8) is 0 Å². The first-order chi connectivity index (χ1) is 7.78. The highest BCUT2D eigenvalue weighted by Crippen LogP contribution is 2.21. The molecule has 3 nitrogen and oxygen atoms in total. The maximum Gasteiger partial charge on any atom is 0.0931 e. The molecule has 0 radical (unpaired) electrons. The summed E-state index contributed by atoms with van der Waals surface area (Å²) < 4.78 is 0. The maximum absolute atomic E-state index is 5.50. The SMILES string of the molecule is CN1CCC(Cc2nc(CCCN)cs2)C1. The minimum absolute atomic E-state index is 0.764. The molecule has 2 N–H and O–H groups in total. The summed E-state index contributed by atoms with van der Waals surface area (Å²) in [5, 5.41) is 3.51. The number of likely N-dealkylation sites (tertiary alicyclic amines) is 1. The summed E-state index contributed by atoms with van der Waals surface area (Å²) in [6.45, 7) is 3.24. The van der Waals surface area contributed by atoms with E-state index in [9.17, 15) is 0 Å². The number of hydrogen-bond donors (Lipinski definition) is 1. The molecular weight excluding hydrogens is 218 g/mol. The number of rotatable bonds is 5. The van der Waals surface area contributed by atoms with Crippen molar-refractivity contribution in [2.75, 3.05) is 26.7 Å². The van der Waals surface area contributed by atoms with Crippen molar-refractivity contribution < 1.29 is 0 Å². The molecule has 0 spiro atoms. The van der Waals surface area contributed by atoms with Crippen molar-refractivity contribution in [1.29, 1.82) is 0 Å². The average molecular weight is 239 g/mol. The molecular formula is C12H21N3S. The zero-order valence-corrected chi connectivity index (χ0v) is 10.8. The van der Waals surface area contributed by atoms with E-state index in [4.69, 9.17) is 5.73 Å². The lowest BCUT2D eigenvalue weighted by atomic mass is 10.1. The quantitative estimate of drug-likeness (QED) is 0.847. The van der Waals surface area contributed by atoms with Crippen LogP contribution in [0.25, 0.3) is 0 Å². The van der Waals surface area contributed by atoms with E-state index >= 15 is 0 Å². The number of aryl methyl sites for hydroxylation is 1. The van der Waals surface area contributed by atoms with Gasteiger partial charge in [-0.2, -0.15) is 0 Å². The van der Waals surface area contributed by atoms with Gasteiger partial charge in [0.2, 0.25) is 0 Å². The first-order valence-electron chi connectivity index (χ1n) is 6.10. The van der Waals surface area contributed by atoms with E-state index in [0.717, 1.165) is 31.7 Å². The molecule has 1 aromatic heterocycles. The van der Waals surface area contributed by atoms with Crippen molar-refractivity contribution >= 4 is 11.3 Å². The molecule has 2 heterocycles.